The number of azide groups is 1. The second kappa shape index (κ2) is 9.54. The number of hydrogen-bond donors (Lipinski definition) is 1. The maximum Gasteiger partial charge on any atom is 0.311 e. The van der Waals surface area contributed by atoms with E-state index in [1.165, 1.54) is 0 Å². The van der Waals surface area contributed by atoms with Gasteiger partial charge in [-0.25, -0.2) is 0 Å². The van der Waals surface area contributed by atoms with Crippen LogP contribution in [0.25, 0.3) is 10.4 Å². The van der Waals surface area contributed by atoms with Crippen molar-refractivity contribution in [3.8, 4) is 0 Å². The van der Waals surface area contributed by atoms with E-state index in [9.17, 15) is 9.90 Å². The van der Waals surface area contributed by atoms with Gasteiger partial charge in [0.15, 0.2) is 14.1 Å². The summed E-state index contributed by atoms with van der Waals surface area (Å²) in [6, 6.07) is -0.868. The van der Waals surface area contributed by atoms with Crippen LogP contribution < -0.4 is 0 Å². The van der Waals surface area contributed by atoms with Crippen molar-refractivity contribution in [2.75, 3.05) is 13.2 Å². The summed E-state index contributed by atoms with van der Waals surface area (Å²) >= 11 is 0. The first-order valence-electron chi connectivity index (χ1n) is 10.3. The summed E-state index contributed by atoms with van der Waals surface area (Å²) in [6.07, 6.45) is -2.73. The van der Waals surface area contributed by atoms with Crippen LogP contribution in [0.2, 0.25) is 18.1 Å². The van der Waals surface area contributed by atoms with Gasteiger partial charge in [0.25, 0.3) is 0 Å². The summed E-state index contributed by atoms with van der Waals surface area (Å²) in [4.78, 5) is 15.0. The van der Waals surface area contributed by atoms with Gasteiger partial charge in [0, 0.05) is 11.5 Å². The molecule has 9 nitrogen and oxygen atoms in total. The summed E-state index contributed by atoms with van der Waals surface area (Å²) in [6.45, 7) is 19.2. The molecule has 0 saturated carbocycles. The predicted molar refractivity (Wildman–Crippen MR) is 116 cm³/mol. The molecule has 4 atom stereocenters. The SMILES string of the molecule is CC1(C)O[C@@H]([C@H](O)[C@@H](CO[Si](C)(C)C(C)(C)C)N=[N+]=[N-])[C@@H](COC(=O)C(C)(C)C)O1. The maximum absolute atomic E-state index is 12.1. The third-order valence-electron chi connectivity index (χ3n) is 5.56. The lowest BCUT2D eigenvalue weighted by molar-refractivity contribution is -0.166. The lowest BCUT2D eigenvalue weighted by atomic mass is 9.97. The number of carbonyl (C=O) groups excluding carboxylic acids is 1. The van der Waals surface area contributed by atoms with Gasteiger partial charge in [-0.2, -0.15) is 0 Å². The molecule has 0 aromatic heterocycles. The van der Waals surface area contributed by atoms with Crippen molar-refractivity contribution in [3.05, 3.63) is 10.4 Å². The molecule has 1 saturated heterocycles. The Labute approximate surface area is 181 Å². The molecule has 30 heavy (non-hydrogen) atoms. The van der Waals surface area contributed by atoms with Gasteiger partial charge < -0.3 is 23.7 Å². The molecule has 1 fully saturated rings. The Balaban J connectivity index is 2.95. The Bertz CT molecular complexity index is 650. The van der Waals surface area contributed by atoms with Crippen LogP contribution in [0, 0.1) is 5.41 Å². The van der Waals surface area contributed by atoms with E-state index in [0.29, 0.717) is 0 Å². The Kier molecular flexibility index (Phi) is 8.55. The fourth-order valence-electron chi connectivity index (χ4n) is 2.65. The van der Waals surface area contributed by atoms with Crippen molar-refractivity contribution < 1.29 is 28.5 Å². The zero-order chi connectivity index (χ0) is 23.5. The van der Waals surface area contributed by atoms with Crippen molar-refractivity contribution in [2.24, 2.45) is 10.5 Å². The lowest BCUT2D eigenvalue weighted by Crippen LogP contribution is -2.49. The van der Waals surface area contributed by atoms with E-state index >= 15 is 0 Å². The minimum Gasteiger partial charge on any atom is -0.462 e. The molecule has 0 aliphatic carbocycles. The minimum absolute atomic E-state index is 0.0302. The van der Waals surface area contributed by atoms with E-state index in [1.54, 1.807) is 34.6 Å². The molecule has 0 unspecified atom stereocenters. The number of esters is 1. The molecule has 174 valence electrons. The molecule has 0 radical (unpaired) electrons. The van der Waals surface area contributed by atoms with Gasteiger partial charge in [-0.1, -0.05) is 25.9 Å². The lowest BCUT2D eigenvalue weighted by Gasteiger charge is -2.37. The van der Waals surface area contributed by atoms with E-state index in [4.69, 9.17) is 24.2 Å². The van der Waals surface area contributed by atoms with E-state index in [1.807, 2.05) is 0 Å². The number of rotatable bonds is 8. The topological polar surface area (TPSA) is 123 Å². The fraction of sp³-hybridized carbons (Fsp3) is 0.950. The summed E-state index contributed by atoms with van der Waals surface area (Å²) in [5.74, 6) is -1.36. The van der Waals surface area contributed by atoms with Gasteiger partial charge in [-0.15, -0.1) is 0 Å². The molecule has 0 spiro atoms. The molecule has 10 heteroatoms. The summed E-state index contributed by atoms with van der Waals surface area (Å²) < 4.78 is 23.3. The van der Waals surface area contributed by atoms with Crippen LogP contribution in [0.3, 0.4) is 0 Å². The third-order valence-corrected chi connectivity index (χ3v) is 10.1. The standard InChI is InChI=1S/C20H39N3O6Si/c1-18(2,3)17(25)26-12-14-16(29-20(7,8)28-14)15(24)13(22-23-21)11-27-30(9,10)19(4,5)6/h13-16,24H,11-12H2,1-10H3/t13-,14-,15-,16-/m1/s1. The Hall–Kier alpha value is -1.16. The normalized spacial score (nSPS) is 24.1. The van der Waals surface area contributed by atoms with Crippen molar-refractivity contribution in [2.45, 2.75) is 104 Å². The van der Waals surface area contributed by atoms with Crippen molar-refractivity contribution in [3.63, 3.8) is 0 Å². The van der Waals surface area contributed by atoms with Crippen LogP contribution in [-0.4, -0.2) is 62.7 Å². The molecular formula is C20H39N3O6Si. The Morgan fingerprint density at radius 2 is 1.80 bits per heavy atom. The van der Waals surface area contributed by atoms with Crippen molar-refractivity contribution in [1.29, 1.82) is 0 Å². The van der Waals surface area contributed by atoms with E-state index in [0.717, 1.165) is 0 Å². The van der Waals surface area contributed by atoms with Crippen LogP contribution >= 0.6 is 0 Å². The molecule has 0 aromatic carbocycles. The molecule has 0 bridgehead atoms. The average Bonchev–Trinajstić information content (AvgIpc) is 2.88. The molecule has 1 rings (SSSR count). The summed E-state index contributed by atoms with van der Waals surface area (Å²) in [5.41, 5.74) is 8.35. The highest BCUT2D eigenvalue weighted by molar-refractivity contribution is 6.74. The van der Waals surface area contributed by atoms with Gasteiger partial charge in [0.05, 0.1) is 17.6 Å². The van der Waals surface area contributed by atoms with Crippen LogP contribution in [0.15, 0.2) is 5.11 Å². The first kappa shape index (κ1) is 26.9. The van der Waals surface area contributed by atoms with E-state index in [2.05, 4.69) is 43.9 Å². The van der Waals surface area contributed by atoms with Gasteiger partial charge in [0.2, 0.25) is 0 Å². The van der Waals surface area contributed by atoms with Gasteiger partial charge in [-0.3, -0.25) is 4.79 Å². The molecule has 1 aliphatic heterocycles. The quantitative estimate of drug-likeness (QED) is 0.197. The maximum atomic E-state index is 12.1. The molecule has 1 N–H and O–H groups in total. The third kappa shape index (κ3) is 7.21. The fourth-order valence-corrected chi connectivity index (χ4v) is 3.67. The molecule has 1 aliphatic rings. The van der Waals surface area contributed by atoms with Crippen LogP contribution in [0.4, 0.5) is 0 Å². The Morgan fingerprint density at radius 1 is 1.23 bits per heavy atom. The summed E-state index contributed by atoms with van der Waals surface area (Å²) in [5, 5.41) is 14.7. The van der Waals surface area contributed by atoms with Gasteiger partial charge in [0.1, 0.15) is 18.8 Å². The number of hydrogen-bond acceptors (Lipinski definition) is 7. The molecule has 0 amide bonds. The van der Waals surface area contributed by atoms with Crippen LogP contribution in [-0.2, 0) is 23.4 Å². The highest BCUT2D eigenvalue weighted by Crippen LogP contribution is 2.37. The zero-order valence-corrected chi connectivity index (χ0v) is 21.1. The highest BCUT2D eigenvalue weighted by atomic mass is 28.4. The Morgan fingerprint density at radius 3 is 2.27 bits per heavy atom. The highest BCUT2D eigenvalue weighted by Gasteiger charge is 2.48. The molecule has 0 aromatic rings. The molecular weight excluding hydrogens is 406 g/mol. The number of carbonyl (C=O) groups is 1. The predicted octanol–water partition coefficient (Wildman–Crippen LogP) is 4.16. The largest absolute Gasteiger partial charge is 0.462 e. The zero-order valence-electron chi connectivity index (χ0n) is 20.1. The minimum atomic E-state index is -2.11. The molecule has 1 heterocycles. The number of aliphatic hydroxyl groups excluding tert-OH is 1. The first-order chi connectivity index (χ1) is 13.4. The number of nitrogens with zero attached hydrogens (tertiary/aromatic N) is 3. The number of ether oxygens (including phenoxy) is 3. The van der Waals surface area contributed by atoms with Crippen molar-refractivity contribution >= 4 is 14.3 Å². The number of aliphatic hydroxyl groups is 1. The van der Waals surface area contributed by atoms with Gasteiger partial charge in [-0.05, 0) is 58.3 Å². The van der Waals surface area contributed by atoms with Crippen molar-refractivity contribution in [1.82, 2.24) is 0 Å². The van der Waals surface area contributed by atoms with Gasteiger partial charge >= 0.3 is 5.97 Å². The second-order valence-corrected chi connectivity index (χ2v) is 15.6. The smallest absolute Gasteiger partial charge is 0.311 e. The van der Waals surface area contributed by atoms with E-state index in [-0.39, 0.29) is 24.2 Å². The second-order valence-electron chi connectivity index (χ2n) is 10.8. The summed E-state index contributed by atoms with van der Waals surface area (Å²) in [7, 11) is -2.11. The van der Waals surface area contributed by atoms with Crippen LogP contribution in [0.1, 0.15) is 55.4 Å². The first-order valence-corrected chi connectivity index (χ1v) is 13.2. The average molecular weight is 446 g/mol. The van der Waals surface area contributed by atoms with E-state index < -0.39 is 43.9 Å². The monoisotopic (exact) mass is 445 g/mol. The van der Waals surface area contributed by atoms with Crippen LogP contribution in [0.5, 0.6) is 0 Å².